The first-order chi connectivity index (χ1) is 8.12. The van der Waals surface area contributed by atoms with Gasteiger partial charge in [-0.1, -0.05) is 13.8 Å². The zero-order valence-electron chi connectivity index (χ0n) is 11.1. The maximum absolute atomic E-state index is 13.3. The van der Waals surface area contributed by atoms with Gasteiger partial charge in [0.2, 0.25) is 0 Å². The fourth-order valence-electron chi connectivity index (χ4n) is 1.76. The van der Waals surface area contributed by atoms with Crippen LogP contribution in [0.25, 0.3) is 0 Å². The molecule has 1 aromatic rings. The highest BCUT2D eigenvalue weighted by atomic mass is 19.1. The summed E-state index contributed by atoms with van der Waals surface area (Å²) in [7, 11) is 1.86. The summed E-state index contributed by atoms with van der Waals surface area (Å²) in [5, 5.41) is 3.11. The average molecular weight is 239 g/mol. The number of nitrogens with one attached hydrogen (secondary N) is 1. The predicted octanol–water partition coefficient (Wildman–Crippen LogP) is 3.67. The molecule has 0 amide bonds. The van der Waals surface area contributed by atoms with Crippen molar-refractivity contribution in [1.29, 1.82) is 0 Å². The van der Waals surface area contributed by atoms with Gasteiger partial charge in [-0.2, -0.15) is 0 Å². The van der Waals surface area contributed by atoms with Crippen molar-refractivity contribution in [2.45, 2.75) is 45.8 Å². The minimum absolute atomic E-state index is 0.0788. The Kier molecular flexibility index (Phi) is 5.42. The first-order valence-electron chi connectivity index (χ1n) is 6.25. The van der Waals surface area contributed by atoms with Gasteiger partial charge in [0.1, 0.15) is 11.6 Å². The van der Waals surface area contributed by atoms with Crippen molar-refractivity contribution < 1.29 is 9.13 Å². The van der Waals surface area contributed by atoms with E-state index in [0.717, 1.165) is 24.2 Å². The molecule has 0 saturated heterocycles. The van der Waals surface area contributed by atoms with Crippen molar-refractivity contribution >= 4 is 0 Å². The van der Waals surface area contributed by atoms with E-state index < -0.39 is 0 Å². The van der Waals surface area contributed by atoms with Gasteiger partial charge in [0, 0.05) is 11.6 Å². The summed E-state index contributed by atoms with van der Waals surface area (Å²) in [4.78, 5) is 0. The van der Waals surface area contributed by atoms with E-state index in [2.05, 4.69) is 19.2 Å². The monoisotopic (exact) mass is 239 g/mol. The number of rotatable bonds is 6. The van der Waals surface area contributed by atoms with Crippen LogP contribution >= 0.6 is 0 Å². The molecule has 0 aliphatic heterocycles. The second-order valence-electron chi connectivity index (χ2n) is 4.25. The molecule has 0 aliphatic carbocycles. The van der Waals surface area contributed by atoms with Crippen molar-refractivity contribution in [3.8, 4) is 5.75 Å². The minimum Gasteiger partial charge on any atom is -0.490 e. The number of benzene rings is 1. The molecule has 1 rings (SSSR count). The maximum atomic E-state index is 13.3. The average Bonchev–Trinajstić information content (AvgIpc) is 2.36. The lowest BCUT2D eigenvalue weighted by atomic mass is 10.1. The third-order valence-electron chi connectivity index (χ3n) is 3.08. The molecular formula is C14H22FNO. The second-order valence-corrected chi connectivity index (χ2v) is 4.25. The van der Waals surface area contributed by atoms with Crippen molar-refractivity contribution in [3.05, 3.63) is 29.6 Å². The van der Waals surface area contributed by atoms with Gasteiger partial charge < -0.3 is 10.1 Å². The van der Waals surface area contributed by atoms with Crippen LogP contribution in [0.1, 0.15) is 45.2 Å². The molecule has 17 heavy (non-hydrogen) atoms. The maximum Gasteiger partial charge on any atom is 0.124 e. The summed E-state index contributed by atoms with van der Waals surface area (Å²) < 4.78 is 19.2. The molecule has 96 valence electrons. The summed E-state index contributed by atoms with van der Waals surface area (Å²) in [6.07, 6.45) is 2.12. The fraction of sp³-hybridized carbons (Fsp3) is 0.571. The largest absolute Gasteiger partial charge is 0.490 e. The van der Waals surface area contributed by atoms with Gasteiger partial charge in [0.15, 0.2) is 0 Å². The van der Waals surface area contributed by atoms with Gasteiger partial charge in [-0.3, -0.25) is 0 Å². The van der Waals surface area contributed by atoms with Crippen molar-refractivity contribution in [1.82, 2.24) is 5.32 Å². The van der Waals surface area contributed by atoms with E-state index in [1.54, 1.807) is 12.1 Å². The van der Waals surface area contributed by atoms with Gasteiger partial charge in [0.05, 0.1) is 6.10 Å². The van der Waals surface area contributed by atoms with Crippen molar-refractivity contribution in [2.75, 3.05) is 7.05 Å². The van der Waals surface area contributed by atoms with Gasteiger partial charge in [-0.05, 0) is 45.0 Å². The minimum atomic E-state index is -0.223. The van der Waals surface area contributed by atoms with Gasteiger partial charge in [-0.15, -0.1) is 0 Å². The smallest absolute Gasteiger partial charge is 0.124 e. The van der Waals surface area contributed by atoms with Crippen LogP contribution in [0.2, 0.25) is 0 Å². The van der Waals surface area contributed by atoms with E-state index in [1.807, 2.05) is 14.0 Å². The molecule has 1 aromatic carbocycles. The van der Waals surface area contributed by atoms with E-state index in [0.29, 0.717) is 0 Å². The first-order valence-corrected chi connectivity index (χ1v) is 6.25. The lowest BCUT2D eigenvalue weighted by Gasteiger charge is -2.21. The van der Waals surface area contributed by atoms with Crippen LogP contribution in [-0.2, 0) is 0 Å². The topological polar surface area (TPSA) is 21.3 Å². The third-order valence-corrected chi connectivity index (χ3v) is 3.08. The Morgan fingerprint density at radius 2 is 1.94 bits per heavy atom. The Morgan fingerprint density at radius 1 is 1.29 bits per heavy atom. The summed E-state index contributed by atoms with van der Waals surface area (Å²) >= 11 is 0. The lowest BCUT2D eigenvalue weighted by molar-refractivity contribution is 0.189. The van der Waals surface area contributed by atoms with Crippen LogP contribution in [0.4, 0.5) is 4.39 Å². The highest BCUT2D eigenvalue weighted by Gasteiger charge is 2.14. The summed E-state index contributed by atoms with van der Waals surface area (Å²) in [6.45, 7) is 6.19. The number of hydrogen-bond donors (Lipinski definition) is 1. The molecular weight excluding hydrogens is 217 g/mol. The van der Waals surface area contributed by atoms with Crippen LogP contribution in [0.5, 0.6) is 5.75 Å². The van der Waals surface area contributed by atoms with Crippen molar-refractivity contribution in [2.24, 2.45) is 0 Å². The molecule has 0 saturated carbocycles. The number of halogens is 1. The molecule has 3 heteroatoms. The zero-order valence-corrected chi connectivity index (χ0v) is 11.1. The van der Waals surface area contributed by atoms with E-state index in [1.165, 1.54) is 6.07 Å². The molecule has 0 fully saturated rings. The number of hydrogen-bond acceptors (Lipinski definition) is 2. The van der Waals surface area contributed by atoms with E-state index in [4.69, 9.17) is 4.74 Å². The van der Waals surface area contributed by atoms with Crippen LogP contribution in [0, 0.1) is 5.82 Å². The van der Waals surface area contributed by atoms with Crippen LogP contribution in [0.3, 0.4) is 0 Å². The standard InChI is InChI=1S/C14H22FNO/c1-5-12(6-2)17-14-8-7-11(15)9-13(14)10(3)16-4/h7-10,12,16H,5-6H2,1-4H3. The Morgan fingerprint density at radius 3 is 2.47 bits per heavy atom. The fourth-order valence-corrected chi connectivity index (χ4v) is 1.76. The molecule has 0 radical (unpaired) electrons. The third kappa shape index (κ3) is 3.70. The Labute approximate surface area is 103 Å². The Balaban J connectivity index is 2.97. The van der Waals surface area contributed by atoms with E-state index in [-0.39, 0.29) is 18.0 Å². The molecule has 1 unspecified atom stereocenters. The van der Waals surface area contributed by atoms with Crippen LogP contribution in [0.15, 0.2) is 18.2 Å². The van der Waals surface area contributed by atoms with E-state index >= 15 is 0 Å². The summed E-state index contributed by atoms with van der Waals surface area (Å²) in [6, 6.07) is 4.79. The predicted molar refractivity (Wildman–Crippen MR) is 68.9 cm³/mol. The molecule has 0 aromatic heterocycles. The zero-order chi connectivity index (χ0) is 12.8. The molecule has 0 spiro atoms. The summed E-state index contributed by atoms with van der Waals surface area (Å²) in [5.74, 6) is 0.556. The SMILES string of the molecule is CCC(CC)Oc1ccc(F)cc1C(C)NC. The van der Waals surface area contributed by atoms with E-state index in [9.17, 15) is 4.39 Å². The molecule has 2 nitrogen and oxygen atoms in total. The van der Waals surface area contributed by atoms with Crippen molar-refractivity contribution in [3.63, 3.8) is 0 Å². The lowest BCUT2D eigenvalue weighted by Crippen LogP contribution is -2.18. The molecule has 0 heterocycles. The number of ether oxygens (including phenoxy) is 1. The Hall–Kier alpha value is -1.09. The highest BCUT2D eigenvalue weighted by molar-refractivity contribution is 5.36. The quantitative estimate of drug-likeness (QED) is 0.817. The molecule has 0 bridgehead atoms. The molecule has 1 atom stereocenters. The van der Waals surface area contributed by atoms with Gasteiger partial charge in [-0.25, -0.2) is 4.39 Å². The normalized spacial score (nSPS) is 12.8. The molecule has 0 aliphatic rings. The van der Waals surface area contributed by atoms with Crippen LogP contribution < -0.4 is 10.1 Å². The van der Waals surface area contributed by atoms with Crippen LogP contribution in [-0.4, -0.2) is 13.2 Å². The highest BCUT2D eigenvalue weighted by Crippen LogP contribution is 2.27. The Bertz CT molecular complexity index is 350. The second kappa shape index (κ2) is 6.60. The van der Waals surface area contributed by atoms with Gasteiger partial charge >= 0.3 is 0 Å². The summed E-state index contributed by atoms with van der Waals surface area (Å²) in [5.41, 5.74) is 0.874. The first kappa shape index (κ1) is 14.0. The van der Waals surface area contributed by atoms with Gasteiger partial charge in [0.25, 0.3) is 0 Å². The molecule has 1 N–H and O–H groups in total.